The minimum absolute atomic E-state index is 0.0287. The maximum absolute atomic E-state index is 13.2. The van der Waals surface area contributed by atoms with Crippen LogP contribution in [0.2, 0.25) is 0 Å². The van der Waals surface area contributed by atoms with Gasteiger partial charge in [0.2, 0.25) is 0 Å². The van der Waals surface area contributed by atoms with Crippen LogP contribution in [0, 0.1) is 15.9 Å². The number of nitrogens with zero attached hydrogens (tertiary/aromatic N) is 3. The highest BCUT2D eigenvalue weighted by Crippen LogP contribution is 2.29. The summed E-state index contributed by atoms with van der Waals surface area (Å²) in [5.41, 5.74) is -0.283. The van der Waals surface area contributed by atoms with Crippen molar-refractivity contribution in [3.8, 4) is 0 Å². The van der Waals surface area contributed by atoms with E-state index in [4.69, 9.17) is 4.74 Å². The molecule has 0 bridgehead atoms. The molecule has 0 radical (unpaired) electrons. The summed E-state index contributed by atoms with van der Waals surface area (Å²) in [6.07, 6.45) is 1.50. The minimum Gasteiger partial charge on any atom is -0.462 e. The average Bonchev–Trinajstić information content (AvgIpc) is 2.93. The predicted molar refractivity (Wildman–Crippen MR) is 84.9 cm³/mol. The number of hydrogen-bond donors (Lipinski definition) is 1. The molecule has 1 N–H and O–H groups in total. The topological polar surface area (TPSA) is 99.3 Å². The fourth-order valence-electron chi connectivity index (χ4n) is 2.00. The lowest BCUT2D eigenvalue weighted by atomic mass is 10.2. The molecule has 0 saturated heterocycles. The number of nitro groups is 1. The summed E-state index contributed by atoms with van der Waals surface area (Å²) in [4.78, 5) is 22.4. The maximum Gasteiger partial charge on any atom is 0.343 e. The number of nitro benzene ring substituents is 1. The molecule has 0 saturated carbocycles. The van der Waals surface area contributed by atoms with Crippen LogP contribution in [-0.4, -0.2) is 27.3 Å². The average molecular weight is 336 g/mol. The molecule has 0 spiro atoms. The molecule has 0 aliphatic heterocycles. The Bertz CT molecular complexity index is 773. The molecule has 0 amide bonds. The van der Waals surface area contributed by atoms with Crippen molar-refractivity contribution < 1.29 is 18.8 Å². The zero-order valence-electron chi connectivity index (χ0n) is 13.4. The van der Waals surface area contributed by atoms with Crippen LogP contribution < -0.4 is 5.32 Å². The molecule has 0 unspecified atom stereocenters. The van der Waals surface area contributed by atoms with Crippen molar-refractivity contribution in [2.24, 2.45) is 0 Å². The number of nitrogens with one attached hydrogen (secondary N) is 1. The van der Waals surface area contributed by atoms with Gasteiger partial charge in [-0.3, -0.25) is 14.8 Å². The summed E-state index contributed by atoms with van der Waals surface area (Å²) in [5, 5.41) is 18.0. The molecule has 24 heavy (non-hydrogen) atoms. The van der Waals surface area contributed by atoms with Crippen LogP contribution in [0.5, 0.6) is 0 Å². The van der Waals surface area contributed by atoms with Crippen LogP contribution in [-0.2, 0) is 4.74 Å². The number of benzene rings is 1. The monoisotopic (exact) mass is 336 g/mol. The first-order valence-electron chi connectivity index (χ1n) is 7.30. The summed E-state index contributed by atoms with van der Waals surface area (Å²) in [6, 6.07) is 3.07. The van der Waals surface area contributed by atoms with E-state index >= 15 is 0 Å². The van der Waals surface area contributed by atoms with Gasteiger partial charge in [0.1, 0.15) is 17.1 Å². The largest absolute Gasteiger partial charge is 0.462 e. The Balaban J connectivity index is 2.45. The summed E-state index contributed by atoms with van der Waals surface area (Å²) in [5.74, 6) is -1.22. The molecular weight excluding hydrogens is 319 g/mol. The number of carbonyl (C=O) groups excluding carboxylic acids is 1. The quantitative estimate of drug-likeness (QED) is 0.493. The van der Waals surface area contributed by atoms with Gasteiger partial charge in [0, 0.05) is 12.2 Å². The molecular formula is C15H17FN4O4. The first-order valence-corrected chi connectivity index (χ1v) is 7.30. The van der Waals surface area contributed by atoms with Crippen LogP contribution >= 0.6 is 0 Å². The lowest BCUT2D eigenvalue weighted by Crippen LogP contribution is -2.07. The Morgan fingerprint density at radius 2 is 2.21 bits per heavy atom. The van der Waals surface area contributed by atoms with Crippen molar-refractivity contribution in [2.45, 2.75) is 26.8 Å². The lowest BCUT2D eigenvalue weighted by Gasteiger charge is -2.07. The third-order valence-corrected chi connectivity index (χ3v) is 3.17. The number of esters is 1. The molecule has 0 atom stereocenters. The molecule has 2 aromatic rings. The van der Waals surface area contributed by atoms with Crippen molar-refractivity contribution in [1.29, 1.82) is 0 Å². The molecule has 0 fully saturated rings. The molecule has 128 valence electrons. The summed E-state index contributed by atoms with van der Waals surface area (Å²) in [6.45, 7) is 5.59. The van der Waals surface area contributed by atoms with Gasteiger partial charge in [-0.2, -0.15) is 5.10 Å². The number of anilines is 2. The fourth-order valence-corrected chi connectivity index (χ4v) is 2.00. The van der Waals surface area contributed by atoms with Gasteiger partial charge >= 0.3 is 5.97 Å². The molecule has 2 rings (SSSR count). The van der Waals surface area contributed by atoms with E-state index in [0.717, 1.165) is 12.1 Å². The number of carbonyl (C=O) groups is 1. The Morgan fingerprint density at radius 3 is 2.79 bits per heavy atom. The Labute approximate surface area is 137 Å². The third-order valence-electron chi connectivity index (χ3n) is 3.17. The van der Waals surface area contributed by atoms with Gasteiger partial charge in [-0.05, 0) is 32.9 Å². The lowest BCUT2D eigenvalue weighted by molar-refractivity contribution is -0.384. The first-order chi connectivity index (χ1) is 11.3. The van der Waals surface area contributed by atoms with Crippen molar-refractivity contribution >= 4 is 23.2 Å². The first kappa shape index (κ1) is 17.4. The Hall–Kier alpha value is -2.97. The highest BCUT2D eigenvalue weighted by molar-refractivity contribution is 5.95. The Kier molecular flexibility index (Phi) is 5.12. The molecule has 9 heteroatoms. The van der Waals surface area contributed by atoms with Crippen molar-refractivity contribution in [2.75, 3.05) is 11.9 Å². The Morgan fingerprint density at radius 1 is 1.50 bits per heavy atom. The second kappa shape index (κ2) is 7.07. The van der Waals surface area contributed by atoms with Crippen LogP contribution in [0.15, 0.2) is 24.4 Å². The highest BCUT2D eigenvalue weighted by atomic mass is 19.1. The zero-order valence-corrected chi connectivity index (χ0v) is 13.4. The van der Waals surface area contributed by atoms with Crippen LogP contribution in [0.3, 0.4) is 0 Å². The number of aromatic nitrogens is 2. The van der Waals surface area contributed by atoms with E-state index in [-0.39, 0.29) is 29.7 Å². The fraction of sp³-hybridized carbons (Fsp3) is 0.333. The van der Waals surface area contributed by atoms with E-state index in [9.17, 15) is 19.3 Å². The number of rotatable bonds is 6. The van der Waals surface area contributed by atoms with E-state index in [1.807, 2.05) is 13.8 Å². The molecule has 8 nitrogen and oxygen atoms in total. The standard InChI is InChI=1S/C15H17FN4O4/c1-4-24-15(21)11-8-19(9(2)3)18-14(11)17-12-6-5-10(16)7-13(12)20(22)23/h5-9H,4H2,1-3H3,(H,17,18). The van der Waals surface area contributed by atoms with Gasteiger partial charge in [0.15, 0.2) is 5.82 Å². The number of halogens is 1. The second-order valence-electron chi connectivity index (χ2n) is 5.23. The van der Waals surface area contributed by atoms with E-state index in [2.05, 4.69) is 10.4 Å². The van der Waals surface area contributed by atoms with Crippen LogP contribution in [0.25, 0.3) is 0 Å². The molecule has 1 aromatic heterocycles. The molecule has 1 heterocycles. The number of ether oxygens (including phenoxy) is 1. The van der Waals surface area contributed by atoms with E-state index < -0.39 is 22.4 Å². The van der Waals surface area contributed by atoms with Crippen LogP contribution in [0.1, 0.15) is 37.2 Å². The predicted octanol–water partition coefficient (Wildman–Crippen LogP) is 3.43. The zero-order chi connectivity index (χ0) is 17.9. The normalized spacial score (nSPS) is 10.7. The van der Waals surface area contributed by atoms with Crippen molar-refractivity contribution in [1.82, 2.24) is 9.78 Å². The molecule has 0 aliphatic carbocycles. The van der Waals surface area contributed by atoms with Gasteiger partial charge < -0.3 is 10.1 Å². The minimum atomic E-state index is -0.731. The smallest absolute Gasteiger partial charge is 0.343 e. The van der Waals surface area contributed by atoms with Crippen LogP contribution in [0.4, 0.5) is 21.6 Å². The van der Waals surface area contributed by atoms with Gasteiger partial charge in [0.25, 0.3) is 5.69 Å². The highest BCUT2D eigenvalue weighted by Gasteiger charge is 2.22. The van der Waals surface area contributed by atoms with E-state index in [0.29, 0.717) is 0 Å². The van der Waals surface area contributed by atoms with Gasteiger partial charge in [-0.1, -0.05) is 0 Å². The van der Waals surface area contributed by atoms with Gasteiger partial charge in [0.05, 0.1) is 17.6 Å². The third kappa shape index (κ3) is 3.67. The van der Waals surface area contributed by atoms with E-state index in [1.54, 1.807) is 6.92 Å². The van der Waals surface area contributed by atoms with E-state index in [1.165, 1.54) is 16.9 Å². The maximum atomic E-state index is 13.2. The summed E-state index contributed by atoms with van der Waals surface area (Å²) in [7, 11) is 0. The second-order valence-corrected chi connectivity index (χ2v) is 5.23. The number of hydrogen-bond acceptors (Lipinski definition) is 6. The van der Waals surface area contributed by atoms with Crippen molar-refractivity contribution in [3.63, 3.8) is 0 Å². The summed E-state index contributed by atoms with van der Waals surface area (Å²) >= 11 is 0. The molecule has 1 aromatic carbocycles. The summed E-state index contributed by atoms with van der Waals surface area (Å²) < 4.78 is 19.7. The van der Waals surface area contributed by atoms with Crippen molar-refractivity contribution in [3.05, 3.63) is 45.9 Å². The SMILES string of the molecule is CCOC(=O)c1cn(C(C)C)nc1Nc1ccc(F)cc1[N+](=O)[O-]. The van der Waals surface area contributed by atoms with Gasteiger partial charge in [-0.25, -0.2) is 9.18 Å². The van der Waals surface area contributed by atoms with Gasteiger partial charge in [-0.15, -0.1) is 0 Å². The molecule has 0 aliphatic rings.